The molecule has 20 heavy (non-hydrogen) atoms. The minimum absolute atomic E-state index is 0.182. The smallest absolute Gasteiger partial charge is 0.128 e. The molecule has 0 spiro atoms. The predicted octanol–water partition coefficient (Wildman–Crippen LogP) is 3.54. The van der Waals surface area contributed by atoms with Gasteiger partial charge in [0.15, 0.2) is 0 Å². The summed E-state index contributed by atoms with van der Waals surface area (Å²) in [6, 6.07) is 11.4. The third-order valence-corrected chi connectivity index (χ3v) is 3.52. The van der Waals surface area contributed by atoms with Gasteiger partial charge in [0.1, 0.15) is 5.82 Å². The molecule has 2 N–H and O–H groups in total. The van der Waals surface area contributed by atoms with Crippen molar-refractivity contribution < 1.29 is 4.39 Å². The molecule has 0 amide bonds. The summed E-state index contributed by atoms with van der Waals surface area (Å²) in [4.78, 5) is 2.06. The van der Waals surface area contributed by atoms with Gasteiger partial charge in [-0.25, -0.2) is 4.39 Å². The second-order valence-corrected chi connectivity index (χ2v) is 5.28. The van der Waals surface area contributed by atoms with Gasteiger partial charge in [-0.3, -0.25) is 0 Å². The molecule has 0 bridgehead atoms. The lowest BCUT2D eigenvalue weighted by atomic mass is 10.1. The first-order valence-corrected chi connectivity index (χ1v) is 6.77. The van der Waals surface area contributed by atoms with Crippen LogP contribution in [0.25, 0.3) is 0 Å². The first-order chi connectivity index (χ1) is 9.51. The van der Waals surface area contributed by atoms with Crippen molar-refractivity contribution >= 4 is 5.69 Å². The Kier molecular flexibility index (Phi) is 4.40. The van der Waals surface area contributed by atoms with Gasteiger partial charge in [-0.05, 0) is 43.2 Å². The van der Waals surface area contributed by atoms with E-state index in [1.54, 1.807) is 6.07 Å². The maximum atomic E-state index is 13.9. The van der Waals surface area contributed by atoms with E-state index in [0.717, 1.165) is 11.3 Å². The summed E-state index contributed by atoms with van der Waals surface area (Å²) in [5.41, 5.74) is 10.8. The average Bonchev–Trinajstić information content (AvgIpc) is 2.41. The number of benzene rings is 2. The minimum Gasteiger partial charge on any atom is -0.370 e. The number of hydrogen-bond acceptors (Lipinski definition) is 2. The van der Waals surface area contributed by atoms with E-state index >= 15 is 0 Å². The Balaban J connectivity index is 2.25. The van der Waals surface area contributed by atoms with Crippen LogP contribution in [0, 0.1) is 19.7 Å². The van der Waals surface area contributed by atoms with Crippen molar-refractivity contribution in [3.05, 3.63) is 64.5 Å². The van der Waals surface area contributed by atoms with Crippen LogP contribution in [-0.4, -0.2) is 7.05 Å². The van der Waals surface area contributed by atoms with Crippen LogP contribution >= 0.6 is 0 Å². The minimum atomic E-state index is -0.182. The summed E-state index contributed by atoms with van der Waals surface area (Å²) in [6.07, 6.45) is 0. The molecule has 0 heterocycles. The summed E-state index contributed by atoms with van der Waals surface area (Å²) in [7, 11) is 1.98. The Hall–Kier alpha value is -1.87. The van der Waals surface area contributed by atoms with E-state index in [1.807, 2.05) is 13.1 Å². The number of anilines is 1. The Labute approximate surface area is 120 Å². The zero-order valence-corrected chi connectivity index (χ0v) is 12.3. The van der Waals surface area contributed by atoms with Crippen LogP contribution in [0.15, 0.2) is 36.4 Å². The molecule has 0 aliphatic rings. The van der Waals surface area contributed by atoms with Crippen LogP contribution in [0.5, 0.6) is 0 Å². The molecule has 0 saturated heterocycles. The number of nitrogens with two attached hydrogens (primary N) is 1. The first-order valence-electron chi connectivity index (χ1n) is 6.77. The molecule has 0 radical (unpaired) electrons. The van der Waals surface area contributed by atoms with E-state index in [1.165, 1.54) is 17.2 Å². The second kappa shape index (κ2) is 6.06. The molecular weight excluding hydrogens is 251 g/mol. The van der Waals surface area contributed by atoms with Crippen molar-refractivity contribution in [2.24, 2.45) is 5.73 Å². The molecule has 0 atom stereocenters. The van der Waals surface area contributed by atoms with E-state index in [4.69, 9.17) is 5.73 Å². The number of rotatable bonds is 4. The number of hydrogen-bond donors (Lipinski definition) is 1. The highest BCUT2D eigenvalue weighted by molar-refractivity contribution is 5.54. The fourth-order valence-corrected chi connectivity index (χ4v) is 2.45. The lowest BCUT2D eigenvalue weighted by molar-refractivity contribution is 0.606. The molecule has 0 fully saturated rings. The van der Waals surface area contributed by atoms with E-state index in [-0.39, 0.29) is 5.82 Å². The zero-order valence-electron chi connectivity index (χ0n) is 12.3. The van der Waals surface area contributed by atoms with Gasteiger partial charge in [-0.1, -0.05) is 23.8 Å². The van der Waals surface area contributed by atoms with Gasteiger partial charge in [0, 0.05) is 31.4 Å². The molecule has 0 aliphatic heterocycles. The molecule has 0 aliphatic carbocycles. The normalized spacial score (nSPS) is 10.7. The third kappa shape index (κ3) is 3.17. The highest BCUT2D eigenvalue weighted by Gasteiger charge is 2.09. The lowest BCUT2D eigenvalue weighted by Gasteiger charge is -2.22. The van der Waals surface area contributed by atoms with Crippen molar-refractivity contribution in [1.29, 1.82) is 0 Å². The van der Waals surface area contributed by atoms with Crippen LogP contribution in [0.1, 0.15) is 22.3 Å². The van der Waals surface area contributed by atoms with Gasteiger partial charge in [0.25, 0.3) is 0 Å². The first kappa shape index (κ1) is 14.5. The van der Waals surface area contributed by atoms with E-state index in [9.17, 15) is 4.39 Å². The van der Waals surface area contributed by atoms with Crippen LogP contribution < -0.4 is 10.6 Å². The molecule has 0 aromatic heterocycles. The zero-order chi connectivity index (χ0) is 14.7. The Morgan fingerprint density at radius 1 is 1.10 bits per heavy atom. The summed E-state index contributed by atoms with van der Waals surface area (Å²) >= 11 is 0. The quantitative estimate of drug-likeness (QED) is 0.922. The molecule has 0 saturated carbocycles. The van der Waals surface area contributed by atoms with E-state index < -0.39 is 0 Å². The van der Waals surface area contributed by atoms with Crippen molar-refractivity contribution in [2.45, 2.75) is 26.9 Å². The van der Waals surface area contributed by atoms with Crippen molar-refractivity contribution in [3.8, 4) is 0 Å². The molecule has 2 rings (SSSR count). The van der Waals surface area contributed by atoms with Crippen molar-refractivity contribution in [2.75, 3.05) is 11.9 Å². The maximum Gasteiger partial charge on any atom is 0.128 e. The largest absolute Gasteiger partial charge is 0.370 e. The van der Waals surface area contributed by atoms with Crippen LogP contribution in [-0.2, 0) is 13.1 Å². The van der Waals surface area contributed by atoms with E-state index in [0.29, 0.717) is 18.7 Å². The highest BCUT2D eigenvalue weighted by atomic mass is 19.1. The molecule has 2 aromatic rings. The molecular formula is C17H21FN2. The SMILES string of the molecule is Cc1ccc(N(C)Cc2cc(CN)ccc2F)c(C)c1. The number of nitrogens with zero attached hydrogens (tertiary/aromatic N) is 1. The van der Waals surface area contributed by atoms with Crippen molar-refractivity contribution in [3.63, 3.8) is 0 Å². The van der Waals surface area contributed by atoms with Gasteiger partial charge in [-0.2, -0.15) is 0 Å². The Morgan fingerprint density at radius 2 is 1.85 bits per heavy atom. The van der Waals surface area contributed by atoms with Gasteiger partial charge in [0.05, 0.1) is 0 Å². The van der Waals surface area contributed by atoms with Crippen LogP contribution in [0.3, 0.4) is 0 Å². The predicted molar refractivity (Wildman–Crippen MR) is 82.3 cm³/mol. The topological polar surface area (TPSA) is 29.3 Å². The molecule has 2 aromatic carbocycles. The third-order valence-electron chi connectivity index (χ3n) is 3.52. The molecule has 2 nitrogen and oxygen atoms in total. The van der Waals surface area contributed by atoms with E-state index in [2.05, 4.69) is 36.9 Å². The summed E-state index contributed by atoms with van der Waals surface area (Å²) < 4.78 is 13.9. The summed E-state index contributed by atoms with van der Waals surface area (Å²) in [5, 5.41) is 0. The standard InChI is InChI=1S/C17H21FN2/c1-12-4-7-17(13(2)8-12)20(3)11-15-9-14(10-19)5-6-16(15)18/h4-9H,10-11,19H2,1-3H3. The van der Waals surface area contributed by atoms with Gasteiger partial charge in [-0.15, -0.1) is 0 Å². The van der Waals surface area contributed by atoms with Crippen LogP contribution in [0.4, 0.5) is 10.1 Å². The fraction of sp³-hybridized carbons (Fsp3) is 0.294. The fourth-order valence-electron chi connectivity index (χ4n) is 2.45. The number of halogens is 1. The molecule has 3 heteroatoms. The average molecular weight is 272 g/mol. The van der Waals surface area contributed by atoms with Gasteiger partial charge in [0.2, 0.25) is 0 Å². The van der Waals surface area contributed by atoms with Gasteiger partial charge >= 0.3 is 0 Å². The van der Waals surface area contributed by atoms with Crippen LogP contribution in [0.2, 0.25) is 0 Å². The summed E-state index contributed by atoms with van der Waals surface area (Å²) in [6.45, 7) is 5.11. The Morgan fingerprint density at radius 3 is 2.50 bits per heavy atom. The highest BCUT2D eigenvalue weighted by Crippen LogP contribution is 2.22. The number of aryl methyl sites for hydroxylation is 2. The molecule has 106 valence electrons. The lowest BCUT2D eigenvalue weighted by Crippen LogP contribution is -2.18. The summed E-state index contributed by atoms with van der Waals surface area (Å²) in [5.74, 6) is -0.182. The molecule has 0 unspecified atom stereocenters. The van der Waals surface area contributed by atoms with Gasteiger partial charge < -0.3 is 10.6 Å². The maximum absolute atomic E-state index is 13.9. The second-order valence-electron chi connectivity index (χ2n) is 5.28. The Bertz CT molecular complexity index is 608. The van der Waals surface area contributed by atoms with Crippen molar-refractivity contribution in [1.82, 2.24) is 0 Å². The monoisotopic (exact) mass is 272 g/mol.